The average molecular weight is 360 g/mol. The van der Waals surface area contributed by atoms with E-state index in [1.807, 2.05) is 53.2 Å². The van der Waals surface area contributed by atoms with Gasteiger partial charge in [-0.15, -0.1) is 0 Å². The molecule has 0 bridgehead atoms. The molecule has 1 saturated heterocycles. The minimum Gasteiger partial charge on any atom is -0.454 e. The number of benzene rings is 1. The van der Waals surface area contributed by atoms with Crippen LogP contribution in [0.1, 0.15) is 6.42 Å². The van der Waals surface area contributed by atoms with Crippen molar-refractivity contribution in [3.63, 3.8) is 0 Å². The van der Waals surface area contributed by atoms with Gasteiger partial charge in [0.25, 0.3) is 0 Å². The second kappa shape index (κ2) is 6.55. The topological polar surface area (TPSA) is 62.8 Å². The van der Waals surface area contributed by atoms with Gasteiger partial charge >= 0.3 is 0 Å². The summed E-state index contributed by atoms with van der Waals surface area (Å²) in [5.74, 6) is 0.489. The normalized spacial score (nSPS) is 15.3. The van der Waals surface area contributed by atoms with Gasteiger partial charge in [0, 0.05) is 43.8 Å². The molecule has 6 nitrogen and oxygen atoms in total. The minimum atomic E-state index is -0.0434. The smallest absolute Gasteiger partial charge is 0.193 e. The molecule has 1 fully saturated rings. The maximum atomic E-state index is 12.8. The highest BCUT2D eigenvalue weighted by molar-refractivity contribution is 5.82. The minimum absolute atomic E-state index is 0.0434. The molecular formula is C21H20N4O2. The van der Waals surface area contributed by atoms with Gasteiger partial charge in [0.15, 0.2) is 11.2 Å². The molecule has 0 spiro atoms. The van der Waals surface area contributed by atoms with Crippen molar-refractivity contribution in [3.8, 4) is 11.5 Å². The lowest BCUT2D eigenvalue weighted by Gasteiger charge is -2.22. The third kappa shape index (κ3) is 2.98. The molecule has 0 amide bonds. The van der Waals surface area contributed by atoms with Crippen molar-refractivity contribution in [3.05, 3.63) is 65.1 Å². The molecule has 0 atom stereocenters. The van der Waals surface area contributed by atoms with Crippen molar-refractivity contribution >= 4 is 22.3 Å². The van der Waals surface area contributed by atoms with E-state index < -0.39 is 0 Å². The fraction of sp³-hybridized carbons (Fsp3) is 0.238. The number of rotatable bonds is 2. The van der Waals surface area contributed by atoms with E-state index in [2.05, 4.69) is 15.2 Å². The number of pyridine rings is 1. The van der Waals surface area contributed by atoms with Gasteiger partial charge in [0.2, 0.25) is 0 Å². The molecule has 6 heteroatoms. The number of fused-ring (bicyclic) bond motifs is 2. The largest absolute Gasteiger partial charge is 0.454 e. The van der Waals surface area contributed by atoms with Crippen LogP contribution in [0.5, 0.6) is 0 Å². The van der Waals surface area contributed by atoms with Crippen LogP contribution in [0, 0.1) is 0 Å². The first-order chi connectivity index (χ1) is 13.3. The maximum absolute atomic E-state index is 12.8. The van der Waals surface area contributed by atoms with Crippen molar-refractivity contribution in [1.82, 2.24) is 14.7 Å². The Labute approximate surface area is 156 Å². The summed E-state index contributed by atoms with van der Waals surface area (Å²) in [6.07, 6.45) is 4.89. The Kier molecular flexibility index (Phi) is 3.90. The van der Waals surface area contributed by atoms with E-state index >= 15 is 0 Å². The summed E-state index contributed by atoms with van der Waals surface area (Å²) in [6.45, 7) is 3.92. The zero-order chi connectivity index (χ0) is 18.2. The zero-order valence-corrected chi connectivity index (χ0v) is 14.9. The fourth-order valence-corrected chi connectivity index (χ4v) is 3.62. The summed E-state index contributed by atoms with van der Waals surface area (Å²) in [6, 6.07) is 13.2. The zero-order valence-electron chi connectivity index (χ0n) is 14.9. The molecule has 27 heavy (non-hydrogen) atoms. The van der Waals surface area contributed by atoms with Crippen LogP contribution < -0.4 is 15.6 Å². The Morgan fingerprint density at radius 1 is 1.07 bits per heavy atom. The van der Waals surface area contributed by atoms with Crippen molar-refractivity contribution in [2.75, 3.05) is 31.1 Å². The first kappa shape index (κ1) is 16.1. The number of anilines is 1. The second-order valence-electron chi connectivity index (χ2n) is 6.84. The Bertz CT molecular complexity index is 1140. The van der Waals surface area contributed by atoms with Gasteiger partial charge in [0.05, 0.1) is 5.39 Å². The van der Waals surface area contributed by atoms with Crippen LogP contribution in [0.3, 0.4) is 0 Å². The fourth-order valence-electron chi connectivity index (χ4n) is 3.62. The maximum Gasteiger partial charge on any atom is 0.193 e. The number of nitrogens with one attached hydrogen (secondary N) is 1. The van der Waals surface area contributed by atoms with Crippen LogP contribution >= 0.6 is 0 Å². The molecule has 3 aromatic heterocycles. The quantitative estimate of drug-likeness (QED) is 0.596. The van der Waals surface area contributed by atoms with Crippen molar-refractivity contribution in [1.29, 1.82) is 0 Å². The summed E-state index contributed by atoms with van der Waals surface area (Å²) in [4.78, 5) is 19.6. The summed E-state index contributed by atoms with van der Waals surface area (Å²) in [7, 11) is 0. The molecule has 0 aliphatic carbocycles. The predicted molar refractivity (Wildman–Crippen MR) is 106 cm³/mol. The van der Waals surface area contributed by atoms with E-state index in [4.69, 9.17) is 4.42 Å². The van der Waals surface area contributed by atoms with E-state index in [0.717, 1.165) is 43.9 Å². The van der Waals surface area contributed by atoms with Crippen molar-refractivity contribution in [2.45, 2.75) is 6.42 Å². The number of imidazole rings is 1. The number of nitrogens with zero attached hydrogens (tertiary/aromatic N) is 3. The van der Waals surface area contributed by atoms with Crippen molar-refractivity contribution in [2.24, 2.45) is 0 Å². The Morgan fingerprint density at radius 3 is 2.96 bits per heavy atom. The highest BCUT2D eigenvalue weighted by atomic mass is 16.3. The number of hydrogen-bond donors (Lipinski definition) is 1. The first-order valence-electron chi connectivity index (χ1n) is 9.26. The lowest BCUT2D eigenvalue weighted by atomic mass is 10.1. The van der Waals surface area contributed by atoms with Gasteiger partial charge in [0.1, 0.15) is 16.9 Å². The van der Waals surface area contributed by atoms with E-state index in [1.165, 1.54) is 6.07 Å². The summed E-state index contributed by atoms with van der Waals surface area (Å²) >= 11 is 0. The lowest BCUT2D eigenvalue weighted by Crippen LogP contribution is -2.27. The molecule has 4 aromatic rings. The summed E-state index contributed by atoms with van der Waals surface area (Å²) in [5, 5.41) is 4.01. The Hall–Kier alpha value is -3.12. The van der Waals surface area contributed by atoms with Crippen LogP contribution in [-0.2, 0) is 0 Å². The summed E-state index contributed by atoms with van der Waals surface area (Å²) < 4.78 is 7.93. The van der Waals surface area contributed by atoms with Gasteiger partial charge in [-0.2, -0.15) is 0 Å². The van der Waals surface area contributed by atoms with Gasteiger partial charge in [-0.05, 0) is 43.3 Å². The van der Waals surface area contributed by atoms with Crippen LogP contribution in [0.2, 0.25) is 0 Å². The molecule has 0 saturated carbocycles. The van der Waals surface area contributed by atoms with Crippen molar-refractivity contribution < 1.29 is 4.42 Å². The third-order valence-electron chi connectivity index (χ3n) is 5.03. The van der Waals surface area contributed by atoms with Gasteiger partial charge in [-0.25, -0.2) is 4.98 Å². The molecule has 1 N–H and O–H groups in total. The van der Waals surface area contributed by atoms with Crippen LogP contribution in [0.25, 0.3) is 28.1 Å². The second-order valence-corrected chi connectivity index (χ2v) is 6.84. The molecule has 136 valence electrons. The van der Waals surface area contributed by atoms with Crippen LogP contribution in [-0.4, -0.2) is 35.6 Å². The molecule has 0 radical (unpaired) electrons. The monoisotopic (exact) mass is 360 g/mol. The molecule has 1 aliphatic heterocycles. The van der Waals surface area contributed by atoms with E-state index in [0.29, 0.717) is 22.4 Å². The standard InChI is InChI=1S/C21H20N4O2/c26-18-13-20(17-14-25-9-2-1-4-21(25)23-17)27-19-6-5-15(12-16(18)19)24-10-3-7-22-8-11-24/h1-2,4-6,9,12-14,22H,3,7-8,10-11H2. The first-order valence-corrected chi connectivity index (χ1v) is 9.26. The molecular weight excluding hydrogens is 340 g/mol. The highest BCUT2D eigenvalue weighted by Crippen LogP contribution is 2.25. The van der Waals surface area contributed by atoms with Crippen LogP contribution in [0.4, 0.5) is 5.69 Å². The Balaban J connectivity index is 1.57. The van der Waals surface area contributed by atoms with Gasteiger partial charge in [-0.1, -0.05) is 6.07 Å². The highest BCUT2D eigenvalue weighted by Gasteiger charge is 2.14. The summed E-state index contributed by atoms with van der Waals surface area (Å²) in [5.41, 5.74) is 3.09. The van der Waals surface area contributed by atoms with E-state index in [-0.39, 0.29) is 5.43 Å². The Morgan fingerprint density at radius 2 is 2.04 bits per heavy atom. The third-order valence-corrected chi connectivity index (χ3v) is 5.03. The molecule has 5 rings (SSSR count). The lowest BCUT2D eigenvalue weighted by molar-refractivity contribution is 0.616. The molecule has 4 heterocycles. The van der Waals surface area contributed by atoms with Crippen LogP contribution in [0.15, 0.2) is 64.1 Å². The predicted octanol–water partition coefficient (Wildman–Crippen LogP) is 2.91. The number of hydrogen-bond acceptors (Lipinski definition) is 5. The van der Waals surface area contributed by atoms with Gasteiger partial charge < -0.3 is 19.0 Å². The van der Waals surface area contributed by atoms with Gasteiger partial charge in [-0.3, -0.25) is 4.79 Å². The number of aromatic nitrogens is 2. The SMILES string of the molecule is O=c1cc(-c2cn3ccccc3n2)oc2ccc(N3CCCNCC3)cc12. The molecule has 1 aliphatic rings. The molecule has 0 unspecified atom stereocenters. The average Bonchev–Trinajstić information content (AvgIpc) is 2.94. The van der Waals surface area contributed by atoms with E-state index in [9.17, 15) is 4.79 Å². The van der Waals surface area contributed by atoms with E-state index in [1.54, 1.807) is 0 Å². The molecule has 1 aromatic carbocycles.